The normalized spacial score (nSPS) is 9.64. The smallest absolute Gasteiger partial charge is 0.427 e. The fraction of sp³-hybridized carbons (Fsp3) is 0.222. The summed E-state index contributed by atoms with van der Waals surface area (Å²) >= 11 is 0. The number of hydrogen-bond donors (Lipinski definition) is 2. The summed E-state index contributed by atoms with van der Waals surface area (Å²) < 4.78 is 4.81. The highest BCUT2D eigenvalue weighted by atomic mass is 16.5. The van der Waals surface area contributed by atoms with Crippen molar-refractivity contribution in [3.63, 3.8) is 0 Å². The van der Waals surface area contributed by atoms with Crippen LogP contribution in [0.3, 0.4) is 0 Å². The molecule has 0 spiro atoms. The first kappa shape index (κ1) is 10.8. The largest absolute Gasteiger partial charge is 0.456 e. The molecule has 0 amide bonds. The Morgan fingerprint density at radius 2 is 1.93 bits per heavy atom. The van der Waals surface area contributed by atoms with Crippen LogP contribution >= 0.6 is 0 Å². The Labute approximate surface area is 82.3 Å². The van der Waals surface area contributed by atoms with Gasteiger partial charge in [-0.05, 0) is 17.7 Å². The van der Waals surface area contributed by atoms with Gasteiger partial charge in [0.25, 0.3) is 0 Å². The maximum atomic E-state index is 10.6. The lowest BCUT2D eigenvalue weighted by molar-refractivity contribution is -0.131. The minimum atomic E-state index is -1.35. The van der Waals surface area contributed by atoms with Crippen LogP contribution in [0.15, 0.2) is 24.3 Å². The fourth-order valence-corrected chi connectivity index (χ4v) is 1.07. The second kappa shape index (κ2) is 4.78. The number of esters is 1. The summed E-state index contributed by atoms with van der Waals surface area (Å²) in [6.07, 6.45) is 0.167. The number of carbonyl (C=O) groups excluding carboxylic acids is 1. The van der Waals surface area contributed by atoms with E-state index in [-0.39, 0.29) is 12.3 Å². The summed E-state index contributed by atoms with van der Waals surface area (Å²) in [6, 6.07) is 6.58. The fourth-order valence-electron chi connectivity index (χ4n) is 1.07. The monoisotopic (exact) mass is 194 g/mol. The minimum Gasteiger partial charge on any atom is -0.427 e. The molecule has 0 aromatic heterocycles. The SMILES string of the molecule is CC(=O)Oc1ccc(CB(O)O)cc1. The molecule has 0 unspecified atom stereocenters. The molecule has 0 saturated carbocycles. The second-order valence-corrected chi connectivity index (χ2v) is 2.92. The van der Waals surface area contributed by atoms with Gasteiger partial charge in [-0.15, -0.1) is 0 Å². The van der Waals surface area contributed by atoms with Gasteiger partial charge in [0.15, 0.2) is 0 Å². The summed E-state index contributed by atoms with van der Waals surface area (Å²) in [5.74, 6) is 0.0774. The van der Waals surface area contributed by atoms with Gasteiger partial charge in [-0.3, -0.25) is 4.79 Å². The zero-order valence-corrected chi connectivity index (χ0v) is 7.80. The summed E-state index contributed by atoms with van der Waals surface area (Å²) in [5.41, 5.74) is 0.774. The Morgan fingerprint density at radius 1 is 1.36 bits per heavy atom. The highest BCUT2D eigenvalue weighted by Crippen LogP contribution is 2.12. The van der Waals surface area contributed by atoms with Crippen molar-refractivity contribution < 1.29 is 19.6 Å². The summed E-state index contributed by atoms with van der Waals surface area (Å²) in [6.45, 7) is 1.32. The molecule has 5 heteroatoms. The van der Waals surface area contributed by atoms with Gasteiger partial charge in [-0.1, -0.05) is 12.1 Å². The Hall–Kier alpha value is -1.33. The predicted molar refractivity (Wildman–Crippen MR) is 51.6 cm³/mol. The molecule has 74 valence electrons. The molecule has 1 rings (SSSR count). The first-order valence-corrected chi connectivity index (χ1v) is 4.21. The van der Waals surface area contributed by atoms with Crippen LogP contribution < -0.4 is 4.74 Å². The van der Waals surface area contributed by atoms with Crippen molar-refractivity contribution in [1.82, 2.24) is 0 Å². The maximum absolute atomic E-state index is 10.6. The number of carbonyl (C=O) groups is 1. The molecule has 0 saturated heterocycles. The molecule has 1 aromatic carbocycles. The van der Waals surface area contributed by atoms with Crippen LogP contribution in [0.4, 0.5) is 0 Å². The second-order valence-electron chi connectivity index (χ2n) is 2.92. The molecule has 0 atom stereocenters. The topological polar surface area (TPSA) is 66.8 Å². The first-order valence-electron chi connectivity index (χ1n) is 4.21. The Bertz CT molecular complexity index is 307. The van der Waals surface area contributed by atoms with Crippen molar-refractivity contribution in [3.8, 4) is 5.75 Å². The van der Waals surface area contributed by atoms with E-state index in [1.165, 1.54) is 6.92 Å². The third kappa shape index (κ3) is 3.59. The number of hydrogen-bond acceptors (Lipinski definition) is 4. The molecule has 2 N–H and O–H groups in total. The molecule has 0 aliphatic rings. The van der Waals surface area contributed by atoms with Crippen molar-refractivity contribution in [2.24, 2.45) is 0 Å². The van der Waals surface area contributed by atoms with Gasteiger partial charge in [0, 0.05) is 13.2 Å². The summed E-state index contributed by atoms with van der Waals surface area (Å²) in [4.78, 5) is 10.6. The van der Waals surface area contributed by atoms with Crippen molar-refractivity contribution in [2.75, 3.05) is 0 Å². The van der Waals surface area contributed by atoms with Gasteiger partial charge in [0.1, 0.15) is 5.75 Å². The highest BCUT2D eigenvalue weighted by molar-refractivity contribution is 6.40. The molecular weight excluding hydrogens is 183 g/mol. The van der Waals surface area contributed by atoms with Crippen LogP contribution in [0.5, 0.6) is 5.75 Å². The lowest BCUT2D eigenvalue weighted by atomic mass is 9.82. The van der Waals surface area contributed by atoms with E-state index in [9.17, 15) is 4.79 Å². The highest BCUT2D eigenvalue weighted by Gasteiger charge is 2.07. The molecule has 0 radical (unpaired) electrons. The van der Waals surface area contributed by atoms with E-state index in [0.29, 0.717) is 5.75 Å². The zero-order chi connectivity index (χ0) is 10.6. The molecule has 0 fully saturated rings. The molecule has 14 heavy (non-hydrogen) atoms. The molecule has 0 bridgehead atoms. The lowest BCUT2D eigenvalue weighted by Gasteiger charge is -2.03. The van der Waals surface area contributed by atoms with Crippen LogP contribution in [0.1, 0.15) is 12.5 Å². The molecule has 1 aromatic rings. The van der Waals surface area contributed by atoms with Crippen molar-refractivity contribution in [1.29, 1.82) is 0 Å². The van der Waals surface area contributed by atoms with Crippen molar-refractivity contribution >= 4 is 13.1 Å². The summed E-state index contributed by atoms with van der Waals surface area (Å²) in [7, 11) is -1.35. The van der Waals surface area contributed by atoms with Crippen LogP contribution in [-0.4, -0.2) is 23.1 Å². The quantitative estimate of drug-likeness (QED) is 0.408. The van der Waals surface area contributed by atoms with Crippen LogP contribution in [-0.2, 0) is 11.1 Å². The Kier molecular flexibility index (Phi) is 3.68. The average Bonchev–Trinajstić information content (AvgIpc) is 2.06. The molecular formula is C9H11BO4. The van der Waals surface area contributed by atoms with Crippen LogP contribution in [0, 0.1) is 0 Å². The average molecular weight is 194 g/mol. The van der Waals surface area contributed by atoms with Crippen LogP contribution in [0.2, 0.25) is 0 Å². The van der Waals surface area contributed by atoms with Gasteiger partial charge in [0.2, 0.25) is 0 Å². The Morgan fingerprint density at radius 3 is 2.36 bits per heavy atom. The van der Waals surface area contributed by atoms with Gasteiger partial charge >= 0.3 is 13.1 Å². The Balaban J connectivity index is 2.63. The van der Waals surface area contributed by atoms with E-state index in [0.717, 1.165) is 5.56 Å². The van der Waals surface area contributed by atoms with Gasteiger partial charge in [0.05, 0.1) is 0 Å². The van der Waals surface area contributed by atoms with Gasteiger partial charge in [-0.25, -0.2) is 0 Å². The number of ether oxygens (including phenoxy) is 1. The standard InChI is InChI=1S/C9H11BO4/c1-7(11)14-9-4-2-8(3-5-9)6-10(12)13/h2-5,12-13H,6H2,1H3. The van der Waals surface area contributed by atoms with E-state index >= 15 is 0 Å². The number of benzene rings is 1. The van der Waals surface area contributed by atoms with Crippen LogP contribution in [0.25, 0.3) is 0 Å². The van der Waals surface area contributed by atoms with Crippen molar-refractivity contribution in [3.05, 3.63) is 29.8 Å². The van der Waals surface area contributed by atoms with E-state index in [2.05, 4.69) is 0 Å². The maximum Gasteiger partial charge on any atom is 0.456 e. The zero-order valence-electron chi connectivity index (χ0n) is 7.80. The van der Waals surface area contributed by atoms with Gasteiger partial charge < -0.3 is 14.8 Å². The third-order valence-corrected chi connectivity index (χ3v) is 1.60. The van der Waals surface area contributed by atoms with E-state index in [1.807, 2.05) is 0 Å². The lowest BCUT2D eigenvalue weighted by Crippen LogP contribution is -2.15. The molecule has 4 nitrogen and oxygen atoms in total. The van der Waals surface area contributed by atoms with E-state index < -0.39 is 7.12 Å². The van der Waals surface area contributed by atoms with E-state index in [4.69, 9.17) is 14.8 Å². The minimum absolute atomic E-state index is 0.167. The third-order valence-electron chi connectivity index (χ3n) is 1.60. The summed E-state index contributed by atoms with van der Waals surface area (Å²) in [5, 5.41) is 17.4. The first-order chi connectivity index (χ1) is 6.58. The number of rotatable bonds is 3. The van der Waals surface area contributed by atoms with Crippen molar-refractivity contribution in [2.45, 2.75) is 13.2 Å². The van der Waals surface area contributed by atoms with Gasteiger partial charge in [-0.2, -0.15) is 0 Å². The molecule has 0 heterocycles. The predicted octanol–water partition coefficient (Wildman–Crippen LogP) is 0.166. The molecule has 0 aliphatic heterocycles. The molecule has 0 aliphatic carbocycles. The van der Waals surface area contributed by atoms with E-state index in [1.54, 1.807) is 24.3 Å².